The molecule has 3 aromatic heterocycles. The van der Waals surface area contributed by atoms with Gasteiger partial charge in [0.2, 0.25) is 5.95 Å². The molecule has 1 aliphatic carbocycles. The quantitative estimate of drug-likeness (QED) is 0.405. The van der Waals surface area contributed by atoms with Crippen LogP contribution in [0.5, 0.6) is 0 Å². The molecule has 1 saturated heterocycles. The molecule has 0 unspecified atom stereocenters. The standard InChI is InChI=1S/C28H32N6O2/c1-19-18-24(20(2)36-19)26(35)32-14-16-33(17-15-32)28-30-27-29-13-12-25(34(27)31-28)23-10-8-22(9-11-23)21-6-4-3-5-7-21/h8-13,18,21H,3-7,14-17H2,1-2H3. The van der Waals surface area contributed by atoms with E-state index >= 15 is 0 Å². The summed E-state index contributed by atoms with van der Waals surface area (Å²) >= 11 is 0. The zero-order chi connectivity index (χ0) is 24.6. The number of anilines is 1. The topological polar surface area (TPSA) is 79.8 Å². The highest BCUT2D eigenvalue weighted by Gasteiger charge is 2.27. The highest BCUT2D eigenvalue weighted by Crippen LogP contribution is 2.33. The minimum absolute atomic E-state index is 0.0209. The molecule has 8 heteroatoms. The summed E-state index contributed by atoms with van der Waals surface area (Å²) in [4.78, 5) is 26.1. The SMILES string of the molecule is Cc1cc(C(=O)N2CCN(c3nc4nccc(-c5ccc(C6CCCCC6)cc5)n4n3)CC2)c(C)o1. The summed E-state index contributed by atoms with van der Waals surface area (Å²) in [5.41, 5.74) is 4.18. The molecule has 1 amide bonds. The summed E-state index contributed by atoms with van der Waals surface area (Å²) in [5, 5.41) is 4.82. The van der Waals surface area contributed by atoms with Crippen molar-refractivity contribution < 1.29 is 9.21 Å². The van der Waals surface area contributed by atoms with Crippen LogP contribution in [0.15, 0.2) is 47.0 Å². The monoisotopic (exact) mass is 484 g/mol. The molecule has 186 valence electrons. The maximum absolute atomic E-state index is 12.9. The van der Waals surface area contributed by atoms with Gasteiger partial charge in [-0.3, -0.25) is 4.79 Å². The van der Waals surface area contributed by atoms with E-state index in [-0.39, 0.29) is 5.91 Å². The lowest BCUT2D eigenvalue weighted by atomic mass is 9.84. The second-order valence-electron chi connectivity index (χ2n) is 10.0. The number of amides is 1. The Morgan fingerprint density at radius 2 is 1.72 bits per heavy atom. The van der Waals surface area contributed by atoms with E-state index in [1.54, 1.807) is 6.20 Å². The Kier molecular flexibility index (Phi) is 5.95. The predicted molar refractivity (Wildman–Crippen MR) is 138 cm³/mol. The lowest BCUT2D eigenvalue weighted by Crippen LogP contribution is -2.49. The molecule has 0 atom stereocenters. The van der Waals surface area contributed by atoms with Gasteiger partial charge in [-0.25, -0.2) is 4.98 Å². The van der Waals surface area contributed by atoms with Gasteiger partial charge in [0.25, 0.3) is 11.7 Å². The molecule has 1 aliphatic heterocycles. The number of aromatic nitrogens is 4. The Balaban J connectivity index is 1.18. The molecule has 1 saturated carbocycles. The summed E-state index contributed by atoms with van der Waals surface area (Å²) in [6.07, 6.45) is 8.43. The Bertz CT molecular complexity index is 1380. The molecule has 0 radical (unpaired) electrons. The maximum Gasteiger partial charge on any atom is 0.257 e. The van der Waals surface area contributed by atoms with E-state index in [0.717, 1.165) is 17.0 Å². The summed E-state index contributed by atoms with van der Waals surface area (Å²) in [5.74, 6) is 3.38. The van der Waals surface area contributed by atoms with Crippen molar-refractivity contribution in [1.82, 2.24) is 24.5 Å². The fraction of sp³-hybridized carbons (Fsp3) is 0.429. The Morgan fingerprint density at radius 1 is 0.972 bits per heavy atom. The van der Waals surface area contributed by atoms with Crippen LogP contribution in [0.2, 0.25) is 0 Å². The second kappa shape index (κ2) is 9.41. The third-order valence-corrected chi connectivity index (χ3v) is 7.63. The number of furan rings is 1. The maximum atomic E-state index is 12.9. The van der Waals surface area contributed by atoms with Gasteiger partial charge in [0, 0.05) is 37.9 Å². The number of rotatable bonds is 4. The normalized spacial score (nSPS) is 17.2. The second-order valence-corrected chi connectivity index (χ2v) is 10.0. The zero-order valence-corrected chi connectivity index (χ0v) is 21.0. The number of piperazine rings is 1. The minimum atomic E-state index is 0.0209. The van der Waals surface area contributed by atoms with Crippen LogP contribution in [0.3, 0.4) is 0 Å². The molecular weight excluding hydrogens is 452 g/mol. The molecule has 4 aromatic rings. The van der Waals surface area contributed by atoms with E-state index < -0.39 is 0 Å². The summed E-state index contributed by atoms with van der Waals surface area (Å²) in [6, 6.07) is 12.8. The van der Waals surface area contributed by atoms with E-state index in [1.165, 1.54) is 37.7 Å². The first kappa shape index (κ1) is 22.8. The van der Waals surface area contributed by atoms with Crippen molar-refractivity contribution in [2.45, 2.75) is 51.9 Å². The highest BCUT2D eigenvalue weighted by atomic mass is 16.3. The molecule has 0 N–H and O–H groups in total. The van der Waals surface area contributed by atoms with Crippen LogP contribution in [0.4, 0.5) is 5.95 Å². The first-order valence-corrected chi connectivity index (χ1v) is 13.0. The minimum Gasteiger partial charge on any atom is -0.466 e. The average Bonchev–Trinajstić information content (AvgIpc) is 3.51. The highest BCUT2D eigenvalue weighted by molar-refractivity contribution is 5.95. The van der Waals surface area contributed by atoms with Crippen molar-refractivity contribution >= 4 is 17.6 Å². The van der Waals surface area contributed by atoms with Crippen molar-refractivity contribution in [3.05, 3.63) is 65.2 Å². The lowest BCUT2D eigenvalue weighted by molar-refractivity contribution is 0.0744. The Morgan fingerprint density at radius 3 is 2.42 bits per heavy atom. The van der Waals surface area contributed by atoms with Crippen LogP contribution in [0.25, 0.3) is 17.0 Å². The largest absolute Gasteiger partial charge is 0.466 e. The predicted octanol–water partition coefficient (Wildman–Crippen LogP) is 5.01. The summed E-state index contributed by atoms with van der Waals surface area (Å²) in [6.45, 7) is 6.27. The number of hydrogen-bond acceptors (Lipinski definition) is 6. The Labute approximate surface area is 210 Å². The van der Waals surface area contributed by atoms with Crippen LogP contribution in [0.1, 0.15) is 65.5 Å². The smallest absolute Gasteiger partial charge is 0.257 e. The van der Waals surface area contributed by atoms with E-state index in [4.69, 9.17) is 14.5 Å². The van der Waals surface area contributed by atoms with Gasteiger partial charge in [-0.2, -0.15) is 9.50 Å². The van der Waals surface area contributed by atoms with Crippen molar-refractivity contribution in [2.24, 2.45) is 0 Å². The van der Waals surface area contributed by atoms with Crippen molar-refractivity contribution in [1.29, 1.82) is 0 Å². The van der Waals surface area contributed by atoms with E-state index in [2.05, 4.69) is 34.1 Å². The number of benzene rings is 1. The average molecular weight is 485 g/mol. The van der Waals surface area contributed by atoms with Crippen LogP contribution in [0, 0.1) is 13.8 Å². The van der Waals surface area contributed by atoms with Crippen molar-refractivity contribution in [3.8, 4) is 11.3 Å². The number of carbonyl (C=O) groups excluding carboxylic acids is 1. The molecule has 1 aromatic carbocycles. The van der Waals surface area contributed by atoms with Crippen LogP contribution in [-0.2, 0) is 0 Å². The van der Waals surface area contributed by atoms with Gasteiger partial charge >= 0.3 is 0 Å². The molecule has 6 rings (SSSR count). The van der Waals surface area contributed by atoms with E-state index in [1.807, 2.05) is 35.4 Å². The van der Waals surface area contributed by atoms with Gasteiger partial charge in [-0.05, 0) is 50.3 Å². The van der Waals surface area contributed by atoms with Crippen molar-refractivity contribution in [3.63, 3.8) is 0 Å². The molecule has 2 aliphatic rings. The number of nitrogens with zero attached hydrogens (tertiary/aromatic N) is 6. The molecule has 8 nitrogen and oxygen atoms in total. The fourth-order valence-electron chi connectivity index (χ4n) is 5.62. The number of hydrogen-bond donors (Lipinski definition) is 0. The first-order chi connectivity index (χ1) is 17.6. The van der Waals surface area contributed by atoms with E-state index in [0.29, 0.717) is 55.1 Å². The van der Waals surface area contributed by atoms with Gasteiger partial charge in [-0.1, -0.05) is 43.5 Å². The van der Waals surface area contributed by atoms with Crippen LogP contribution >= 0.6 is 0 Å². The lowest BCUT2D eigenvalue weighted by Gasteiger charge is -2.34. The third kappa shape index (κ3) is 4.25. The molecule has 2 fully saturated rings. The van der Waals surface area contributed by atoms with Crippen molar-refractivity contribution in [2.75, 3.05) is 31.1 Å². The van der Waals surface area contributed by atoms with Gasteiger partial charge < -0.3 is 14.2 Å². The Hall–Kier alpha value is -3.68. The molecule has 0 bridgehead atoms. The fourth-order valence-corrected chi connectivity index (χ4v) is 5.62. The van der Waals surface area contributed by atoms with Crippen LogP contribution in [-0.4, -0.2) is 56.6 Å². The molecule has 0 spiro atoms. The number of carbonyl (C=O) groups is 1. The summed E-state index contributed by atoms with van der Waals surface area (Å²) in [7, 11) is 0. The van der Waals surface area contributed by atoms with Crippen LogP contribution < -0.4 is 4.90 Å². The zero-order valence-electron chi connectivity index (χ0n) is 21.0. The van der Waals surface area contributed by atoms with Gasteiger partial charge in [-0.15, -0.1) is 5.10 Å². The van der Waals surface area contributed by atoms with Gasteiger partial charge in [0.1, 0.15) is 11.5 Å². The molecule has 36 heavy (non-hydrogen) atoms. The molecular formula is C28H32N6O2. The third-order valence-electron chi connectivity index (χ3n) is 7.63. The van der Waals surface area contributed by atoms with Gasteiger partial charge in [0.05, 0.1) is 11.3 Å². The van der Waals surface area contributed by atoms with E-state index in [9.17, 15) is 4.79 Å². The number of fused-ring (bicyclic) bond motifs is 1. The first-order valence-electron chi connectivity index (χ1n) is 13.0. The van der Waals surface area contributed by atoms with Gasteiger partial charge in [0.15, 0.2) is 0 Å². The molecule has 4 heterocycles. The summed E-state index contributed by atoms with van der Waals surface area (Å²) < 4.78 is 7.38. The number of aryl methyl sites for hydroxylation is 2.